The average Bonchev–Trinajstić information content (AvgIpc) is 2.35. The molecule has 0 unspecified atom stereocenters. The minimum absolute atomic E-state index is 0.0400. The van der Waals surface area contributed by atoms with Gasteiger partial charge >= 0.3 is 0 Å². The molecule has 5 rings (SSSR count). The van der Waals surface area contributed by atoms with Gasteiger partial charge in [-0.3, -0.25) is 0 Å². The summed E-state index contributed by atoms with van der Waals surface area (Å²) in [6.07, 6.45) is 6.65. The highest BCUT2D eigenvalue weighted by Crippen LogP contribution is 2.55. The van der Waals surface area contributed by atoms with Crippen molar-refractivity contribution in [2.45, 2.75) is 49.0 Å². The fourth-order valence-electron chi connectivity index (χ4n) is 5.21. The van der Waals surface area contributed by atoms with Crippen LogP contribution in [0.3, 0.4) is 0 Å². The van der Waals surface area contributed by atoms with Gasteiger partial charge < -0.3 is 0 Å². The van der Waals surface area contributed by atoms with Crippen LogP contribution in [0.5, 0.6) is 0 Å². The molecular formula is C16H20FNO2S. The van der Waals surface area contributed by atoms with Crippen LogP contribution in [0.1, 0.15) is 38.5 Å². The Balaban J connectivity index is 1.63. The van der Waals surface area contributed by atoms with Crippen molar-refractivity contribution in [2.24, 2.45) is 17.8 Å². The minimum atomic E-state index is -3.64. The number of rotatable bonds is 3. The molecule has 4 saturated carbocycles. The van der Waals surface area contributed by atoms with Crippen molar-refractivity contribution in [3.05, 3.63) is 30.1 Å². The third kappa shape index (κ3) is 2.40. The molecule has 5 heteroatoms. The molecule has 4 bridgehead atoms. The van der Waals surface area contributed by atoms with Crippen LogP contribution >= 0.6 is 0 Å². The van der Waals surface area contributed by atoms with Crippen LogP contribution in [0.15, 0.2) is 29.2 Å². The zero-order chi connectivity index (χ0) is 14.7. The summed E-state index contributed by atoms with van der Waals surface area (Å²) in [4.78, 5) is 0.0400. The van der Waals surface area contributed by atoms with E-state index in [0.717, 1.165) is 25.3 Å². The Kier molecular flexibility index (Phi) is 2.95. The minimum Gasteiger partial charge on any atom is -0.207 e. The molecule has 21 heavy (non-hydrogen) atoms. The third-order valence-electron chi connectivity index (χ3n) is 5.50. The number of hydrogen-bond donors (Lipinski definition) is 1. The van der Waals surface area contributed by atoms with Crippen LogP contribution in [-0.4, -0.2) is 14.0 Å². The largest absolute Gasteiger partial charge is 0.241 e. The number of nitrogens with one attached hydrogen (secondary N) is 1. The summed E-state index contributed by atoms with van der Waals surface area (Å²) in [5.74, 6) is 1.51. The number of benzene rings is 1. The molecule has 0 aliphatic heterocycles. The summed E-state index contributed by atoms with van der Waals surface area (Å²) in [6.45, 7) is 0. The fraction of sp³-hybridized carbons (Fsp3) is 0.625. The Bertz CT molecular complexity index is 635. The number of sulfonamides is 1. The third-order valence-corrected chi connectivity index (χ3v) is 7.07. The molecule has 4 fully saturated rings. The zero-order valence-corrected chi connectivity index (χ0v) is 12.7. The van der Waals surface area contributed by atoms with E-state index in [2.05, 4.69) is 4.72 Å². The van der Waals surface area contributed by atoms with E-state index < -0.39 is 15.8 Å². The molecule has 0 aromatic heterocycles. The Morgan fingerprint density at radius 1 is 1.05 bits per heavy atom. The molecule has 4 aliphatic carbocycles. The van der Waals surface area contributed by atoms with Crippen LogP contribution in [0.2, 0.25) is 0 Å². The predicted molar refractivity (Wildman–Crippen MR) is 77.6 cm³/mol. The Labute approximate surface area is 125 Å². The molecule has 0 amide bonds. The fourth-order valence-corrected chi connectivity index (χ4v) is 6.68. The maximum Gasteiger partial charge on any atom is 0.241 e. The lowest BCUT2D eigenvalue weighted by molar-refractivity contribution is -0.00810. The van der Waals surface area contributed by atoms with E-state index >= 15 is 0 Å². The molecule has 0 heterocycles. The van der Waals surface area contributed by atoms with Gasteiger partial charge in [0.15, 0.2) is 0 Å². The second kappa shape index (κ2) is 4.53. The van der Waals surface area contributed by atoms with Crippen LogP contribution in [-0.2, 0) is 10.0 Å². The van der Waals surface area contributed by atoms with E-state index in [-0.39, 0.29) is 10.4 Å². The molecule has 1 N–H and O–H groups in total. The van der Waals surface area contributed by atoms with Crippen molar-refractivity contribution in [1.82, 2.24) is 4.72 Å². The smallest absolute Gasteiger partial charge is 0.207 e. The highest BCUT2D eigenvalue weighted by Gasteiger charge is 2.52. The lowest BCUT2D eigenvalue weighted by atomic mass is 9.53. The lowest BCUT2D eigenvalue weighted by Gasteiger charge is -2.56. The second-order valence-corrected chi connectivity index (χ2v) is 8.94. The van der Waals surface area contributed by atoms with Gasteiger partial charge in [-0.1, -0.05) is 6.07 Å². The monoisotopic (exact) mass is 309 g/mol. The molecule has 0 atom stereocenters. The molecule has 4 aliphatic rings. The summed E-state index contributed by atoms with van der Waals surface area (Å²) in [7, 11) is -3.64. The lowest BCUT2D eigenvalue weighted by Crippen LogP contribution is -2.59. The SMILES string of the molecule is O=S(=O)(NC12CC3CC(CC(C3)C1)C2)c1cccc(F)c1. The quantitative estimate of drug-likeness (QED) is 0.932. The summed E-state index contributed by atoms with van der Waals surface area (Å²) in [5, 5.41) is 0. The molecule has 1 aromatic carbocycles. The second-order valence-electron chi connectivity index (χ2n) is 7.26. The van der Waals surface area contributed by atoms with Crippen LogP contribution < -0.4 is 4.72 Å². The highest BCUT2D eigenvalue weighted by molar-refractivity contribution is 7.89. The number of hydrogen-bond acceptors (Lipinski definition) is 2. The van der Waals surface area contributed by atoms with Crippen molar-refractivity contribution in [2.75, 3.05) is 0 Å². The molecule has 114 valence electrons. The van der Waals surface area contributed by atoms with Crippen molar-refractivity contribution in [3.63, 3.8) is 0 Å². The topological polar surface area (TPSA) is 46.2 Å². The molecule has 1 aromatic rings. The first-order valence-corrected chi connectivity index (χ1v) is 9.22. The maximum absolute atomic E-state index is 13.3. The van der Waals surface area contributed by atoms with E-state index in [9.17, 15) is 12.8 Å². The van der Waals surface area contributed by atoms with Gasteiger partial charge in [0, 0.05) is 5.54 Å². The molecule has 0 spiro atoms. The molecule has 0 saturated heterocycles. The Morgan fingerprint density at radius 2 is 1.62 bits per heavy atom. The van der Waals surface area contributed by atoms with E-state index in [1.165, 1.54) is 37.5 Å². The van der Waals surface area contributed by atoms with Gasteiger partial charge in [-0.15, -0.1) is 0 Å². The van der Waals surface area contributed by atoms with Gasteiger partial charge in [0.2, 0.25) is 10.0 Å². The molecule has 3 nitrogen and oxygen atoms in total. The van der Waals surface area contributed by atoms with Gasteiger partial charge in [-0.2, -0.15) is 0 Å². The van der Waals surface area contributed by atoms with Crippen molar-refractivity contribution < 1.29 is 12.8 Å². The van der Waals surface area contributed by atoms with Crippen molar-refractivity contribution >= 4 is 10.0 Å². The van der Waals surface area contributed by atoms with E-state index in [4.69, 9.17) is 0 Å². The van der Waals surface area contributed by atoms with E-state index in [0.29, 0.717) is 17.8 Å². The first-order valence-electron chi connectivity index (χ1n) is 7.74. The summed E-state index contributed by atoms with van der Waals surface area (Å²) in [6, 6.07) is 5.28. The van der Waals surface area contributed by atoms with E-state index in [1.807, 2.05) is 0 Å². The molecular weight excluding hydrogens is 289 g/mol. The van der Waals surface area contributed by atoms with Gasteiger partial charge in [-0.25, -0.2) is 17.5 Å². The average molecular weight is 309 g/mol. The first kappa shape index (κ1) is 13.7. The molecule has 0 radical (unpaired) electrons. The Morgan fingerprint density at radius 3 is 2.14 bits per heavy atom. The Hall–Kier alpha value is -0.940. The first-order chi connectivity index (χ1) is 9.94. The maximum atomic E-state index is 13.3. The number of halogens is 1. The van der Waals surface area contributed by atoms with Crippen LogP contribution in [0.4, 0.5) is 4.39 Å². The summed E-state index contributed by atoms with van der Waals surface area (Å²) >= 11 is 0. The van der Waals surface area contributed by atoms with Gasteiger partial charge in [0.1, 0.15) is 5.82 Å². The predicted octanol–water partition coefficient (Wildman–Crippen LogP) is 3.07. The van der Waals surface area contributed by atoms with Crippen LogP contribution in [0.25, 0.3) is 0 Å². The van der Waals surface area contributed by atoms with Gasteiger partial charge in [-0.05, 0) is 74.5 Å². The van der Waals surface area contributed by atoms with Crippen molar-refractivity contribution in [3.8, 4) is 0 Å². The summed E-state index contributed by atoms with van der Waals surface area (Å²) < 4.78 is 41.4. The standard InChI is InChI=1S/C16H20FNO2S/c17-14-2-1-3-15(7-14)21(19,20)18-16-8-11-4-12(9-16)6-13(5-11)10-16/h1-3,7,11-13,18H,4-6,8-10H2. The van der Waals surface area contributed by atoms with Gasteiger partial charge in [0.25, 0.3) is 0 Å². The summed E-state index contributed by atoms with van der Waals surface area (Å²) in [5.41, 5.74) is -0.278. The van der Waals surface area contributed by atoms with Crippen LogP contribution in [0, 0.1) is 23.6 Å². The normalized spacial score (nSPS) is 37.9. The van der Waals surface area contributed by atoms with E-state index in [1.54, 1.807) is 0 Å². The van der Waals surface area contributed by atoms with Crippen molar-refractivity contribution in [1.29, 1.82) is 0 Å². The zero-order valence-electron chi connectivity index (χ0n) is 11.9. The highest BCUT2D eigenvalue weighted by atomic mass is 32.2. The van der Waals surface area contributed by atoms with Gasteiger partial charge in [0.05, 0.1) is 4.90 Å².